The van der Waals surface area contributed by atoms with Gasteiger partial charge in [0.1, 0.15) is 24.1 Å². The molecule has 1 heterocycles. The zero-order valence-electron chi connectivity index (χ0n) is 15.3. The monoisotopic (exact) mass is 378 g/mol. The highest BCUT2D eigenvalue weighted by Crippen LogP contribution is 2.30. The van der Waals surface area contributed by atoms with Crippen LogP contribution < -0.4 is 15.5 Å². The predicted molar refractivity (Wildman–Crippen MR) is 98.5 cm³/mol. The van der Waals surface area contributed by atoms with E-state index in [1.807, 2.05) is 0 Å². The number of nitrogens with one attached hydrogen (secondary N) is 2. The average Bonchev–Trinajstić information content (AvgIpc) is 2.95. The SMILES string of the molecule is CNC(CN1CC[N+](CC(=O)O)(c2ccc(C(=N)N)cc2)C1=O)C(=O)OC. The van der Waals surface area contributed by atoms with Crippen LogP contribution in [0.2, 0.25) is 0 Å². The van der Waals surface area contributed by atoms with Gasteiger partial charge in [0.25, 0.3) is 0 Å². The van der Waals surface area contributed by atoms with Gasteiger partial charge in [0.2, 0.25) is 0 Å². The van der Waals surface area contributed by atoms with Gasteiger partial charge in [0.05, 0.1) is 20.2 Å². The second-order valence-electron chi connectivity index (χ2n) is 6.30. The molecule has 0 saturated carbocycles. The van der Waals surface area contributed by atoms with Crippen LogP contribution in [0.3, 0.4) is 0 Å². The summed E-state index contributed by atoms with van der Waals surface area (Å²) >= 11 is 0. The minimum Gasteiger partial charge on any atom is -0.477 e. The fraction of sp³-hybridized carbons (Fsp3) is 0.412. The molecule has 0 radical (unpaired) electrons. The van der Waals surface area contributed by atoms with Crippen molar-refractivity contribution in [1.82, 2.24) is 14.7 Å². The molecule has 1 aliphatic rings. The Morgan fingerprint density at radius 1 is 1.41 bits per heavy atom. The molecule has 2 unspecified atom stereocenters. The predicted octanol–water partition coefficient (Wildman–Crippen LogP) is -0.441. The molecule has 1 fully saturated rings. The molecule has 0 aromatic heterocycles. The summed E-state index contributed by atoms with van der Waals surface area (Å²) in [6.45, 7) is 0.211. The normalized spacial score (nSPS) is 20.4. The molecule has 27 heavy (non-hydrogen) atoms. The Morgan fingerprint density at radius 3 is 2.52 bits per heavy atom. The first-order chi connectivity index (χ1) is 12.7. The van der Waals surface area contributed by atoms with Gasteiger partial charge in [-0.2, -0.15) is 4.48 Å². The number of methoxy groups -OCH3 is 1. The molecule has 1 aliphatic heterocycles. The van der Waals surface area contributed by atoms with Gasteiger partial charge in [-0.3, -0.25) is 15.1 Å². The van der Waals surface area contributed by atoms with E-state index in [0.29, 0.717) is 17.8 Å². The summed E-state index contributed by atoms with van der Waals surface area (Å²) in [5, 5.41) is 19.6. The Morgan fingerprint density at radius 2 is 2.04 bits per heavy atom. The molecule has 2 atom stereocenters. The van der Waals surface area contributed by atoms with Crippen molar-refractivity contribution in [1.29, 1.82) is 5.41 Å². The average molecular weight is 378 g/mol. The summed E-state index contributed by atoms with van der Waals surface area (Å²) in [6, 6.07) is 5.27. The maximum Gasteiger partial charge on any atom is 0.425 e. The lowest BCUT2D eigenvalue weighted by atomic mass is 10.1. The number of quaternary nitrogens is 1. The van der Waals surface area contributed by atoms with Gasteiger partial charge in [0.15, 0.2) is 6.54 Å². The van der Waals surface area contributed by atoms with Crippen molar-refractivity contribution < 1.29 is 24.2 Å². The van der Waals surface area contributed by atoms with Gasteiger partial charge in [0, 0.05) is 17.7 Å². The Balaban J connectivity index is 2.33. The Bertz CT molecular complexity index is 751. The summed E-state index contributed by atoms with van der Waals surface area (Å²) < 4.78 is 4.32. The molecule has 2 amide bonds. The number of carbonyl (C=O) groups excluding carboxylic acids is 2. The van der Waals surface area contributed by atoms with Crippen molar-refractivity contribution in [2.45, 2.75) is 6.04 Å². The van der Waals surface area contributed by atoms with Crippen molar-refractivity contribution in [2.75, 3.05) is 40.3 Å². The zero-order valence-corrected chi connectivity index (χ0v) is 15.3. The van der Waals surface area contributed by atoms with Crippen molar-refractivity contribution in [3.63, 3.8) is 0 Å². The molecule has 1 aromatic carbocycles. The maximum absolute atomic E-state index is 13.1. The van der Waals surface area contributed by atoms with Crippen LogP contribution in [-0.2, 0) is 14.3 Å². The molecule has 10 nitrogen and oxygen atoms in total. The van der Waals surface area contributed by atoms with E-state index in [2.05, 4.69) is 5.32 Å². The number of carboxylic acid groups (broad SMARTS) is 1. The van der Waals surface area contributed by atoms with E-state index < -0.39 is 35.0 Å². The van der Waals surface area contributed by atoms with E-state index in [-0.39, 0.29) is 18.9 Å². The first-order valence-corrected chi connectivity index (χ1v) is 8.33. The summed E-state index contributed by atoms with van der Waals surface area (Å²) in [7, 11) is 2.85. The van der Waals surface area contributed by atoms with E-state index in [9.17, 15) is 19.5 Å². The van der Waals surface area contributed by atoms with Crippen LogP contribution in [0.4, 0.5) is 10.5 Å². The minimum absolute atomic E-state index is 0.0765. The molecule has 5 N–H and O–H groups in total. The number of benzene rings is 1. The van der Waals surface area contributed by atoms with Gasteiger partial charge in [-0.15, -0.1) is 0 Å². The molecule has 0 bridgehead atoms. The second-order valence-corrected chi connectivity index (χ2v) is 6.30. The number of amides is 2. The number of likely N-dealkylation sites (N-methyl/N-ethyl adjacent to an activating group) is 1. The van der Waals surface area contributed by atoms with Crippen LogP contribution in [0.1, 0.15) is 5.56 Å². The van der Waals surface area contributed by atoms with Gasteiger partial charge in [-0.25, -0.2) is 9.59 Å². The lowest BCUT2D eigenvalue weighted by molar-refractivity contribution is -0.143. The molecule has 146 valence electrons. The fourth-order valence-corrected chi connectivity index (χ4v) is 3.20. The summed E-state index contributed by atoms with van der Waals surface area (Å²) in [6.07, 6.45) is 0. The number of amidine groups is 1. The van der Waals surface area contributed by atoms with Gasteiger partial charge in [-0.05, 0) is 19.2 Å². The first-order valence-electron chi connectivity index (χ1n) is 8.33. The van der Waals surface area contributed by atoms with E-state index in [1.54, 1.807) is 31.3 Å². The maximum atomic E-state index is 13.1. The van der Waals surface area contributed by atoms with Gasteiger partial charge in [-0.1, -0.05) is 0 Å². The number of esters is 1. The third kappa shape index (κ3) is 4.07. The molecular weight excluding hydrogens is 354 g/mol. The molecule has 1 aromatic rings. The molecule has 0 spiro atoms. The summed E-state index contributed by atoms with van der Waals surface area (Å²) in [5.41, 5.74) is 6.43. The highest BCUT2D eigenvalue weighted by molar-refractivity contribution is 5.97. The lowest BCUT2D eigenvalue weighted by Gasteiger charge is -2.29. The number of hydrogen-bond acceptors (Lipinski definition) is 6. The number of nitrogens with zero attached hydrogens (tertiary/aromatic N) is 2. The molecule has 0 aliphatic carbocycles. The Hall–Kier alpha value is -2.98. The third-order valence-electron chi connectivity index (χ3n) is 4.70. The number of nitrogens with two attached hydrogens (primary N) is 1. The lowest BCUT2D eigenvalue weighted by Crippen LogP contribution is -2.56. The van der Waals surface area contributed by atoms with Crippen molar-refractivity contribution >= 4 is 29.5 Å². The van der Waals surface area contributed by atoms with Crippen LogP contribution in [0.5, 0.6) is 0 Å². The number of hydrogen-bond donors (Lipinski definition) is 4. The van der Waals surface area contributed by atoms with Gasteiger partial charge < -0.3 is 20.9 Å². The van der Waals surface area contributed by atoms with Crippen LogP contribution in [0.15, 0.2) is 24.3 Å². The number of nitrogen functional groups attached to an aromatic ring is 1. The fourth-order valence-electron chi connectivity index (χ4n) is 3.20. The summed E-state index contributed by atoms with van der Waals surface area (Å²) in [4.78, 5) is 37.9. The molecule has 1 saturated heterocycles. The van der Waals surface area contributed by atoms with Crippen LogP contribution >= 0.6 is 0 Å². The van der Waals surface area contributed by atoms with E-state index in [4.69, 9.17) is 15.9 Å². The molecule has 2 rings (SSSR count). The summed E-state index contributed by atoms with van der Waals surface area (Å²) in [5.74, 6) is -1.73. The van der Waals surface area contributed by atoms with Crippen LogP contribution in [0, 0.1) is 5.41 Å². The number of ether oxygens (including phenoxy) is 1. The third-order valence-corrected chi connectivity index (χ3v) is 4.70. The van der Waals surface area contributed by atoms with E-state index in [0.717, 1.165) is 0 Å². The second kappa shape index (κ2) is 8.14. The van der Waals surface area contributed by atoms with E-state index >= 15 is 0 Å². The largest absolute Gasteiger partial charge is 0.477 e. The van der Waals surface area contributed by atoms with E-state index in [1.165, 1.54) is 12.0 Å². The number of aliphatic carboxylic acids is 1. The quantitative estimate of drug-likeness (QED) is 0.208. The highest BCUT2D eigenvalue weighted by Gasteiger charge is 2.50. The Kier molecular flexibility index (Phi) is 6.13. The molecule has 10 heteroatoms. The van der Waals surface area contributed by atoms with Gasteiger partial charge >= 0.3 is 18.0 Å². The smallest absolute Gasteiger partial charge is 0.425 e. The first kappa shape index (κ1) is 20.3. The number of carboxylic acids is 1. The highest BCUT2D eigenvalue weighted by atomic mass is 16.5. The number of urea groups is 1. The molecular formula is C17H24N5O5+. The zero-order chi connectivity index (χ0) is 20.2. The van der Waals surface area contributed by atoms with Crippen LogP contribution in [-0.4, -0.2) is 80.2 Å². The van der Waals surface area contributed by atoms with Crippen LogP contribution in [0.25, 0.3) is 0 Å². The standard InChI is InChI=1S/C17H23N5O5/c1-20-13(16(25)27-2)9-21-7-8-22(17(21)26,10-14(23)24)12-5-3-11(4-6-12)15(18)19/h3-6,13,20H,7-10H2,1-2H3,(H3-,18,19,23,24)/p+1. The van der Waals surface area contributed by atoms with Crippen molar-refractivity contribution in [3.8, 4) is 0 Å². The topological polar surface area (TPSA) is 146 Å². The number of carbonyl (C=O) groups is 3. The van der Waals surface area contributed by atoms with Crippen molar-refractivity contribution in [3.05, 3.63) is 29.8 Å². The van der Waals surface area contributed by atoms with Crippen molar-refractivity contribution in [2.24, 2.45) is 5.73 Å². The Labute approximate surface area is 156 Å². The number of rotatable bonds is 8. The minimum atomic E-state index is -1.11.